The zero-order valence-corrected chi connectivity index (χ0v) is 11.9. The van der Waals surface area contributed by atoms with Crippen LogP contribution < -0.4 is 0 Å². The van der Waals surface area contributed by atoms with Crippen LogP contribution in [-0.2, 0) is 6.54 Å². The van der Waals surface area contributed by atoms with E-state index in [1.54, 1.807) is 6.07 Å². The molecular formula is C17H23NO2. The van der Waals surface area contributed by atoms with E-state index < -0.39 is 5.97 Å². The number of aromatic carboxylic acids is 1. The van der Waals surface area contributed by atoms with Crippen LogP contribution in [0.1, 0.15) is 48.0 Å². The summed E-state index contributed by atoms with van der Waals surface area (Å²) in [7, 11) is 0. The molecule has 2 unspecified atom stereocenters. The number of hydrogen-bond acceptors (Lipinski definition) is 2. The molecule has 108 valence electrons. The molecule has 3 nitrogen and oxygen atoms in total. The number of rotatable bonds is 3. The van der Waals surface area contributed by atoms with Gasteiger partial charge in [0.1, 0.15) is 0 Å². The number of carboxylic acid groups (broad SMARTS) is 1. The summed E-state index contributed by atoms with van der Waals surface area (Å²) in [6.45, 7) is 3.25. The molecule has 1 saturated carbocycles. The number of carbonyl (C=O) groups is 1. The van der Waals surface area contributed by atoms with E-state index in [9.17, 15) is 4.79 Å². The Labute approximate surface area is 120 Å². The van der Waals surface area contributed by atoms with Gasteiger partial charge < -0.3 is 5.11 Å². The first-order chi connectivity index (χ1) is 9.72. The van der Waals surface area contributed by atoms with Gasteiger partial charge in [-0.25, -0.2) is 4.79 Å². The van der Waals surface area contributed by atoms with Gasteiger partial charge in [-0.1, -0.05) is 31.4 Å². The monoisotopic (exact) mass is 273 g/mol. The number of likely N-dealkylation sites (tertiary alicyclic amines) is 1. The van der Waals surface area contributed by atoms with Crippen LogP contribution in [0.25, 0.3) is 0 Å². The van der Waals surface area contributed by atoms with Gasteiger partial charge in [-0.05, 0) is 48.9 Å². The van der Waals surface area contributed by atoms with Crippen LogP contribution >= 0.6 is 0 Å². The number of carboxylic acids is 1. The molecule has 3 heteroatoms. The first kappa shape index (κ1) is 13.6. The zero-order chi connectivity index (χ0) is 13.9. The van der Waals surface area contributed by atoms with Gasteiger partial charge in [0, 0.05) is 13.1 Å². The van der Waals surface area contributed by atoms with Gasteiger partial charge in [0.25, 0.3) is 0 Å². The van der Waals surface area contributed by atoms with Gasteiger partial charge in [-0.15, -0.1) is 0 Å². The third-order valence-corrected chi connectivity index (χ3v) is 4.96. The Morgan fingerprint density at radius 2 is 2.00 bits per heavy atom. The number of piperidine rings is 1. The van der Waals surface area contributed by atoms with E-state index in [1.807, 2.05) is 18.2 Å². The lowest BCUT2D eigenvalue weighted by Crippen LogP contribution is -2.41. The Hall–Kier alpha value is -1.35. The topological polar surface area (TPSA) is 40.5 Å². The maximum atomic E-state index is 11.0. The second-order valence-corrected chi connectivity index (χ2v) is 6.33. The van der Waals surface area contributed by atoms with E-state index in [0.717, 1.165) is 23.9 Å². The smallest absolute Gasteiger partial charge is 0.335 e. The van der Waals surface area contributed by atoms with Crippen molar-refractivity contribution in [1.29, 1.82) is 0 Å². The average molecular weight is 273 g/mol. The highest BCUT2D eigenvalue weighted by atomic mass is 16.4. The van der Waals surface area contributed by atoms with E-state index in [2.05, 4.69) is 4.90 Å². The lowest BCUT2D eigenvalue weighted by atomic mass is 9.75. The van der Waals surface area contributed by atoms with Gasteiger partial charge in [0.2, 0.25) is 0 Å². The van der Waals surface area contributed by atoms with E-state index >= 15 is 0 Å². The van der Waals surface area contributed by atoms with Gasteiger partial charge in [-0.3, -0.25) is 4.90 Å². The van der Waals surface area contributed by atoms with Crippen molar-refractivity contribution < 1.29 is 9.90 Å². The van der Waals surface area contributed by atoms with E-state index in [-0.39, 0.29) is 0 Å². The van der Waals surface area contributed by atoms with Crippen molar-refractivity contribution in [2.24, 2.45) is 11.8 Å². The van der Waals surface area contributed by atoms with Crippen LogP contribution in [0.4, 0.5) is 0 Å². The van der Waals surface area contributed by atoms with Crippen LogP contribution in [0.15, 0.2) is 24.3 Å². The second kappa shape index (κ2) is 5.96. The fourth-order valence-electron chi connectivity index (χ4n) is 3.88. The van der Waals surface area contributed by atoms with Crippen LogP contribution in [0.5, 0.6) is 0 Å². The highest BCUT2D eigenvalue weighted by Crippen LogP contribution is 2.36. The molecule has 0 aromatic heterocycles. The zero-order valence-electron chi connectivity index (χ0n) is 11.9. The normalized spacial score (nSPS) is 27.0. The van der Waals surface area contributed by atoms with Crippen LogP contribution in [0.2, 0.25) is 0 Å². The molecule has 1 aromatic rings. The molecule has 1 saturated heterocycles. The molecule has 2 fully saturated rings. The molecule has 2 aliphatic rings. The fourth-order valence-corrected chi connectivity index (χ4v) is 3.88. The Morgan fingerprint density at radius 1 is 1.20 bits per heavy atom. The predicted molar refractivity (Wildman–Crippen MR) is 78.7 cm³/mol. The van der Waals surface area contributed by atoms with Crippen molar-refractivity contribution >= 4 is 5.97 Å². The number of hydrogen-bond donors (Lipinski definition) is 1. The summed E-state index contributed by atoms with van der Waals surface area (Å²) in [5.74, 6) is 0.989. The minimum atomic E-state index is -0.835. The summed E-state index contributed by atoms with van der Waals surface area (Å²) in [6.07, 6.45) is 6.94. The maximum Gasteiger partial charge on any atom is 0.335 e. The summed E-state index contributed by atoms with van der Waals surface area (Å²) in [5, 5.41) is 9.06. The lowest BCUT2D eigenvalue weighted by Gasteiger charge is -2.41. The lowest BCUT2D eigenvalue weighted by molar-refractivity contribution is 0.0695. The van der Waals surface area contributed by atoms with E-state index in [4.69, 9.17) is 5.11 Å². The predicted octanol–water partition coefficient (Wildman–Crippen LogP) is 3.40. The Bertz CT molecular complexity index is 486. The molecule has 1 aromatic carbocycles. The third-order valence-electron chi connectivity index (χ3n) is 4.96. The molecule has 0 radical (unpaired) electrons. The van der Waals surface area contributed by atoms with Crippen molar-refractivity contribution in [3.8, 4) is 0 Å². The van der Waals surface area contributed by atoms with Gasteiger partial charge >= 0.3 is 5.97 Å². The van der Waals surface area contributed by atoms with Crippen LogP contribution in [0.3, 0.4) is 0 Å². The Morgan fingerprint density at radius 3 is 2.80 bits per heavy atom. The van der Waals surface area contributed by atoms with Crippen LogP contribution in [0, 0.1) is 11.8 Å². The average Bonchev–Trinajstić information content (AvgIpc) is 2.47. The van der Waals surface area contributed by atoms with Crippen molar-refractivity contribution in [2.75, 3.05) is 13.1 Å². The third kappa shape index (κ3) is 3.04. The molecule has 1 aliphatic heterocycles. The number of nitrogens with zero attached hydrogens (tertiary/aromatic N) is 1. The number of benzene rings is 1. The summed E-state index contributed by atoms with van der Waals surface area (Å²) < 4.78 is 0. The standard InChI is InChI=1S/C17H23NO2/c19-17(20)15-7-3-4-13(10-15)11-18-9-8-14-5-1-2-6-16(14)12-18/h3-4,7,10,14,16H,1-2,5-6,8-9,11-12H2,(H,19,20). The fraction of sp³-hybridized carbons (Fsp3) is 0.588. The second-order valence-electron chi connectivity index (χ2n) is 6.33. The van der Waals surface area contributed by atoms with Crippen LogP contribution in [-0.4, -0.2) is 29.1 Å². The molecular weight excluding hydrogens is 250 g/mol. The molecule has 0 spiro atoms. The quantitative estimate of drug-likeness (QED) is 0.917. The van der Waals surface area contributed by atoms with E-state index in [1.165, 1.54) is 45.2 Å². The molecule has 20 heavy (non-hydrogen) atoms. The highest BCUT2D eigenvalue weighted by molar-refractivity contribution is 5.87. The molecule has 1 aliphatic carbocycles. The molecule has 1 heterocycles. The molecule has 0 amide bonds. The first-order valence-electron chi connectivity index (χ1n) is 7.77. The molecule has 1 N–H and O–H groups in total. The Balaban J connectivity index is 1.63. The number of fused-ring (bicyclic) bond motifs is 1. The minimum absolute atomic E-state index is 0.398. The highest BCUT2D eigenvalue weighted by Gasteiger charge is 2.30. The van der Waals surface area contributed by atoms with E-state index in [0.29, 0.717) is 5.56 Å². The minimum Gasteiger partial charge on any atom is -0.478 e. The van der Waals surface area contributed by atoms with Gasteiger partial charge in [0.15, 0.2) is 0 Å². The van der Waals surface area contributed by atoms with Crippen molar-refractivity contribution in [3.05, 3.63) is 35.4 Å². The maximum absolute atomic E-state index is 11.0. The summed E-state index contributed by atoms with van der Waals surface area (Å²) >= 11 is 0. The SMILES string of the molecule is O=C(O)c1cccc(CN2CCC3CCCCC3C2)c1. The van der Waals surface area contributed by atoms with Crippen molar-refractivity contribution in [1.82, 2.24) is 4.90 Å². The summed E-state index contributed by atoms with van der Waals surface area (Å²) in [4.78, 5) is 13.5. The molecule has 0 bridgehead atoms. The Kier molecular flexibility index (Phi) is 4.06. The largest absolute Gasteiger partial charge is 0.478 e. The summed E-state index contributed by atoms with van der Waals surface area (Å²) in [5.41, 5.74) is 1.52. The van der Waals surface area contributed by atoms with Gasteiger partial charge in [-0.2, -0.15) is 0 Å². The molecule has 2 atom stereocenters. The van der Waals surface area contributed by atoms with Gasteiger partial charge in [0.05, 0.1) is 5.56 Å². The van der Waals surface area contributed by atoms with Crippen molar-refractivity contribution in [3.63, 3.8) is 0 Å². The van der Waals surface area contributed by atoms with Crippen molar-refractivity contribution in [2.45, 2.75) is 38.6 Å². The summed E-state index contributed by atoms with van der Waals surface area (Å²) in [6, 6.07) is 7.38. The first-order valence-corrected chi connectivity index (χ1v) is 7.77. The molecule has 3 rings (SSSR count).